The molecule has 1 saturated heterocycles. The fourth-order valence-electron chi connectivity index (χ4n) is 3.09. The van der Waals surface area contributed by atoms with Crippen molar-refractivity contribution < 1.29 is 18.7 Å². The minimum absolute atomic E-state index is 0.0876. The first kappa shape index (κ1) is 21.1. The molecule has 0 spiro atoms. The van der Waals surface area contributed by atoms with Crippen LogP contribution in [0, 0.1) is 5.82 Å². The molecule has 2 aromatic rings. The highest BCUT2D eigenvalue weighted by atomic mass is 35.5. The second kappa shape index (κ2) is 9.71. The number of benzene rings is 2. The van der Waals surface area contributed by atoms with E-state index in [-0.39, 0.29) is 24.2 Å². The molecule has 3 rings (SSSR count). The van der Waals surface area contributed by atoms with Crippen LogP contribution in [-0.4, -0.2) is 60.4 Å². The number of amides is 2. The van der Waals surface area contributed by atoms with E-state index in [1.54, 1.807) is 36.1 Å². The van der Waals surface area contributed by atoms with E-state index in [0.29, 0.717) is 42.6 Å². The van der Waals surface area contributed by atoms with E-state index in [0.717, 1.165) is 0 Å². The summed E-state index contributed by atoms with van der Waals surface area (Å²) in [5, 5.41) is 3.35. The Balaban J connectivity index is 1.43. The number of rotatable bonds is 6. The third kappa shape index (κ3) is 6.17. The topological polar surface area (TPSA) is 61.9 Å². The third-order valence-corrected chi connectivity index (χ3v) is 4.91. The van der Waals surface area contributed by atoms with Crippen LogP contribution in [0.25, 0.3) is 0 Å². The normalized spacial score (nSPS) is 15.6. The quantitative estimate of drug-likeness (QED) is 0.781. The Morgan fingerprint density at radius 3 is 2.31 bits per heavy atom. The predicted molar refractivity (Wildman–Crippen MR) is 110 cm³/mol. The number of halogens is 2. The monoisotopic (exact) mass is 419 g/mol. The number of nitrogens with zero attached hydrogens (tertiary/aromatic N) is 2. The molecule has 1 atom stereocenters. The van der Waals surface area contributed by atoms with Crippen LogP contribution in [0.5, 0.6) is 5.75 Å². The van der Waals surface area contributed by atoms with E-state index < -0.39 is 6.10 Å². The van der Waals surface area contributed by atoms with Gasteiger partial charge in [-0.05, 0) is 55.5 Å². The zero-order chi connectivity index (χ0) is 20.8. The number of carbonyl (C=O) groups is 2. The van der Waals surface area contributed by atoms with E-state index >= 15 is 0 Å². The number of hydrogen-bond acceptors (Lipinski definition) is 4. The summed E-state index contributed by atoms with van der Waals surface area (Å²) >= 11 is 5.85. The second-order valence-electron chi connectivity index (χ2n) is 6.87. The van der Waals surface area contributed by atoms with Gasteiger partial charge in [-0.15, -0.1) is 0 Å². The van der Waals surface area contributed by atoms with Crippen LogP contribution in [-0.2, 0) is 9.59 Å². The average Bonchev–Trinajstić information content (AvgIpc) is 2.71. The van der Waals surface area contributed by atoms with Gasteiger partial charge in [-0.25, -0.2) is 4.39 Å². The Hall–Kier alpha value is -2.64. The number of anilines is 1. The molecule has 1 unspecified atom stereocenters. The van der Waals surface area contributed by atoms with Gasteiger partial charge < -0.3 is 15.0 Å². The van der Waals surface area contributed by atoms with Crippen LogP contribution in [0.15, 0.2) is 48.5 Å². The van der Waals surface area contributed by atoms with E-state index in [2.05, 4.69) is 5.32 Å². The molecule has 0 aliphatic carbocycles. The molecule has 8 heteroatoms. The molecule has 0 bridgehead atoms. The van der Waals surface area contributed by atoms with Crippen molar-refractivity contribution in [3.05, 3.63) is 59.4 Å². The van der Waals surface area contributed by atoms with Gasteiger partial charge in [0.15, 0.2) is 6.10 Å². The maximum absolute atomic E-state index is 12.9. The lowest BCUT2D eigenvalue weighted by Crippen LogP contribution is -2.53. The molecule has 0 radical (unpaired) electrons. The molecule has 1 fully saturated rings. The highest BCUT2D eigenvalue weighted by molar-refractivity contribution is 6.30. The molecule has 0 aromatic heterocycles. The molecule has 1 heterocycles. The van der Waals surface area contributed by atoms with E-state index in [1.807, 2.05) is 4.90 Å². The summed E-state index contributed by atoms with van der Waals surface area (Å²) in [4.78, 5) is 28.5. The summed E-state index contributed by atoms with van der Waals surface area (Å²) in [6.07, 6.45) is -0.607. The zero-order valence-corrected chi connectivity index (χ0v) is 16.9. The first-order valence-electron chi connectivity index (χ1n) is 9.39. The molecule has 1 aliphatic heterocycles. The maximum Gasteiger partial charge on any atom is 0.263 e. The maximum atomic E-state index is 12.9. The number of piperazine rings is 1. The Labute approximate surface area is 174 Å². The molecule has 1 N–H and O–H groups in total. The van der Waals surface area contributed by atoms with Crippen molar-refractivity contribution in [2.45, 2.75) is 13.0 Å². The van der Waals surface area contributed by atoms with Gasteiger partial charge in [0.25, 0.3) is 5.91 Å². The van der Waals surface area contributed by atoms with Crippen molar-refractivity contribution in [1.29, 1.82) is 0 Å². The van der Waals surface area contributed by atoms with Crippen molar-refractivity contribution in [2.75, 3.05) is 38.0 Å². The minimum atomic E-state index is -0.607. The van der Waals surface area contributed by atoms with Crippen LogP contribution in [0.2, 0.25) is 5.02 Å². The van der Waals surface area contributed by atoms with Gasteiger partial charge in [0, 0.05) is 36.9 Å². The third-order valence-electron chi connectivity index (χ3n) is 4.65. The summed E-state index contributed by atoms with van der Waals surface area (Å²) in [7, 11) is 0. The van der Waals surface area contributed by atoms with Gasteiger partial charge >= 0.3 is 0 Å². The first-order chi connectivity index (χ1) is 13.9. The fraction of sp³-hybridized carbons (Fsp3) is 0.333. The molecule has 1 aliphatic rings. The molecule has 6 nitrogen and oxygen atoms in total. The molecule has 29 heavy (non-hydrogen) atoms. The van der Waals surface area contributed by atoms with Crippen molar-refractivity contribution >= 4 is 29.1 Å². The van der Waals surface area contributed by atoms with Gasteiger partial charge in [0.1, 0.15) is 11.6 Å². The summed E-state index contributed by atoms with van der Waals surface area (Å²) < 4.78 is 18.6. The Bertz CT molecular complexity index is 837. The molecular weight excluding hydrogens is 397 g/mol. The van der Waals surface area contributed by atoms with Crippen LogP contribution < -0.4 is 10.1 Å². The van der Waals surface area contributed by atoms with Crippen molar-refractivity contribution in [3.8, 4) is 5.75 Å². The van der Waals surface area contributed by atoms with Gasteiger partial charge in [-0.3, -0.25) is 14.5 Å². The van der Waals surface area contributed by atoms with Gasteiger partial charge in [0.2, 0.25) is 5.91 Å². The molecular formula is C21H23ClFN3O3. The van der Waals surface area contributed by atoms with Crippen LogP contribution in [0.4, 0.5) is 10.1 Å². The standard InChI is InChI=1S/C21H23ClFN3O3/c1-15(29-19-8-2-16(22)3-9-19)21(28)26-12-10-25(11-13-26)14-20(27)24-18-6-4-17(23)5-7-18/h2-9,15H,10-14H2,1H3,(H,24,27). The van der Waals surface area contributed by atoms with Crippen LogP contribution >= 0.6 is 11.6 Å². The minimum Gasteiger partial charge on any atom is -0.481 e. The second-order valence-corrected chi connectivity index (χ2v) is 7.31. The predicted octanol–water partition coefficient (Wildman–Crippen LogP) is 3.03. The largest absolute Gasteiger partial charge is 0.481 e. The Morgan fingerprint density at radius 1 is 1.07 bits per heavy atom. The summed E-state index contributed by atoms with van der Waals surface area (Å²) in [5.41, 5.74) is 0.554. The number of nitrogens with one attached hydrogen (secondary N) is 1. The number of ether oxygens (including phenoxy) is 1. The summed E-state index contributed by atoms with van der Waals surface area (Å²) in [5.74, 6) is -0.0180. The highest BCUT2D eigenvalue weighted by Crippen LogP contribution is 2.18. The Morgan fingerprint density at radius 2 is 1.69 bits per heavy atom. The van der Waals surface area contributed by atoms with Crippen molar-refractivity contribution in [2.24, 2.45) is 0 Å². The van der Waals surface area contributed by atoms with Gasteiger partial charge in [0.05, 0.1) is 6.54 Å². The smallest absolute Gasteiger partial charge is 0.263 e. The molecule has 0 saturated carbocycles. The van der Waals surface area contributed by atoms with E-state index in [1.165, 1.54) is 24.3 Å². The number of hydrogen-bond donors (Lipinski definition) is 1. The first-order valence-corrected chi connectivity index (χ1v) is 9.77. The van der Waals surface area contributed by atoms with E-state index in [4.69, 9.17) is 16.3 Å². The van der Waals surface area contributed by atoms with Gasteiger partial charge in [-0.1, -0.05) is 11.6 Å². The van der Waals surface area contributed by atoms with Crippen LogP contribution in [0.3, 0.4) is 0 Å². The molecule has 2 aromatic carbocycles. The highest BCUT2D eigenvalue weighted by Gasteiger charge is 2.26. The van der Waals surface area contributed by atoms with Gasteiger partial charge in [-0.2, -0.15) is 0 Å². The van der Waals surface area contributed by atoms with Crippen molar-refractivity contribution in [1.82, 2.24) is 9.80 Å². The van der Waals surface area contributed by atoms with E-state index in [9.17, 15) is 14.0 Å². The lowest BCUT2D eigenvalue weighted by Gasteiger charge is -2.35. The SMILES string of the molecule is CC(Oc1ccc(Cl)cc1)C(=O)N1CCN(CC(=O)Nc2ccc(F)cc2)CC1. The average molecular weight is 420 g/mol. The fourth-order valence-corrected chi connectivity index (χ4v) is 3.21. The lowest BCUT2D eigenvalue weighted by atomic mass is 10.2. The molecule has 2 amide bonds. The summed E-state index contributed by atoms with van der Waals surface area (Å²) in [6.45, 7) is 4.18. The number of carbonyl (C=O) groups excluding carboxylic acids is 2. The zero-order valence-electron chi connectivity index (χ0n) is 16.1. The Kier molecular flexibility index (Phi) is 7.06. The lowest BCUT2D eigenvalue weighted by molar-refractivity contribution is -0.139. The molecule has 154 valence electrons. The van der Waals surface area contributed by atoms with Crippen molar-refractivity contribution in [3.63, 3.8) is 0 Å². The summed E-state index contributed by atoms with van der Waals surface area (Å²) in [6, 6.07) is 12.5. The van der Waals surface area contributed by atoms with Crippen LogP contribution in [0.1, 0.15) is 6.92 Å².